The highest BCUT2D eigenvalue weighted by atomic mass is 17.0. The van der Waals surface area contributed by atoms with Crippen LogP contribution in [0, 0.1) is 43.9 Å². The third kappa shape index (κ3) is 4.01. The molecule has 1 unspecified atom stereocenters. The van der Waals surface area contributed by atoms with E-state index in [2.05, 4.69) is 21.8 Å². The van der Waals surface area contributed by atoms with Gasteiger partial charge in [0.2, 0.25) is 0 Å². The van der Waals surface area contributed by atoms with E-state index in [0.29, 0.717) is 18.3 Å². The number of nitrogens with two attached hydrogens (primary N) is 1. The molecule has 9 heteroatoms. The van der Waals surface area contributed by atoms with Gasteiger partial charge in [-0.1, -0.05) is 24.3 Å². The minimum absolute atomic E-state index is 0.243. The average Bonchev–Trinajstić information content (AvgIpc) is 2.67. The molecule has 2 N–H and O–H groups in total. The smallest absolute Gasteiger partial charge is 0.294 e. The molecule has 1 atom stereocenters. The highest BCUT2D eigenvalue weighted by Crippen LogP contribution is 2.60. The van der Waals surface area contributed by atoms with E-state index in [0.717, 1.165) is 23.0 Å². The molecule has 4 fully saturated rings. The lowest BCUT2D eigenvalue weighted by atomic mass is 9.47. The van der Waals surface area contributed by atoms with Gasteiger partial charge in [-0.2, -0.15) is 0 Å². The van der Waals surface area contributed by atoms with E-state index < -0.39 is 22.9 Å². The Bertz CT molecular complexity index is 757. The summed E-state index contributed by atoms with van der Waals surface area (Å²) < 4.78 is 0. The summed E-state index contributed by atoms with van der Waals surface area (Å²) in [6.45, 7) is -0.471. The fourth-order valence-electron chi connectivity index (χ4n) is 6.19. The minimum atomic E-state index is -0.993. The third-order valence-corrected chi connectivity index (χ3v) is 7.27. The summed E-state index contributed by atoms with van der Waals surface area (Å²) in [6, 6.07) is 8.16. The summed E-state index contributed by atoms with van der Waals surface area (Å²) >= 11 is 0. The molecule has 9 nitrogen and oxygen atoms in total. The standard InChI is InChI=1S/C20H27N3O6/c21-20(17-8-14-6-15(10-17)11-18(20)9-14)16-3-1-2-13(7-16)4-5-19(29-23(26)27)12-28-22(24)25/h1-3,7,14-15,17-19H,4-6,8-12,21H2. The van der Waals surface area contributed by atoms with Gasteiger partial charge in [-0.05, 0) is 79.7 Å². The zero-order chi connectivity index (χ0) is 20.6. The molecule has 4 aliphatic carbocycles. The number of benzene rings is 1. The van der Waals surface area contributed by atoms with Crippen molar-refractivity contribution in [2.45, 2.75) is 56.6 Å². The Morgan fingerprint density at radius 1 is 1.07 bits per heavy atom. The number of hydrogen-bond acceptors (Lipinski definition) is 7. The second kappa shape index (κ2) is 7.78. The Morgan fingerprint density at radius 3 is 2.31 bits per heavy atom. The number of rotatable bonds is 9. The van der Waals surface area contributed by atoms with Crippen molar-refractivity contribution >= 4 is 0 Å². The van der Waals surface area contributed by atoms with E-state index >= 15 is 0 Å². The molecule has 1 aromatic rings. The molecule has 0 aromatic heterocycles. The largest absolute Gasteiger partial charge is 0.321 e. The molecule has 158 valence electrons. The maximum absolute atomic E-state index is 10.7. The molecule has 5 rings (SSSR count). The zero-order valence-electron chi connectivity index (χ0n) is 16.3. The van der Waals surface area contributed by atoms with E-state index in [4.69, 9.17) is 5.73 Å². The SMILES string of the molecule is NC1(c2cccc(CCC(CO[N+](=O)[O-])O[N+](=O)[O-])c2)C2CC3CC(C2)CC1C3. The lowest BCUT2D eigenvalue weighted by molar-refractivity contribution is -0.790. The highest BCUT2D eigenvalue weighted by Gasteiger charge is 2.55. The average molecular weight is 405 g/mol. The predicted octanol–water partition coefficient (Wildman–Crippen LogP) is 3.01. The molecule has 4 aliphatic rings. The van der Waals surface area contributed by atoms with Crippen LogP contribution >= 0.6 is 0 Å². The molecule has 0 amide bonds. The van der Waals surface area contributed by atoms with Gasteiger partial charge in [0.25, 0.3) is 10.2 Å². The van der Waals surface area contributed by atoms with E-state index in [1.807, 2.05) is 12.1 Å². The summed E-state index contributed by atoms with van der Waals surface area (Å²) in [5, 5.41) is 19.1. The van der Waals surface area contributed by atoms with Gasteiger partial charge in [-0.25, -0.2) is 0 Å². The maximum Gasteiger partial charge on any atom is 0.294 e. The Kier molecular flexibility index (Phi) is 5.33. The van der Waals surface area contributed by atoms with Gasteiger partial charge in [-0.3, -0.25) is 0 Å². The Balaban J connectivity index is 1.46. The molecule has 0 heterocycles. The molecular weight excluding hydrogens is 378 g/mol. The van der Waals surface area contributed by atoms with E-state index in [1.54, 1.807) is 0 Å². The van der Waals surface area contributed by atoms with Crippen molar-refractivity contribution in [3.8, 4) is 0 Å². The van der Waals surface area contributed by atoms with Crippen LogP contribution in [0.4, 0.5) is 0 Å². The van der Waals surface area contributed by atoms with Crippen LogP contribution in [0.25, 0.3) is 0 Å². The van der Waals surface area contributed by atoms with Crippen molar-refractivity contribution in [1.82, 2.24) is 0 Å². The number of aryl methyl sites for hydroxylation is 1. The van der Waals surface area contributed by atoms with Crippen LogP contribution in [0.5, 0.6) is 0 Å². The normalized spacial score (nSPS) is 33.3. The van der Waals surface area contributed by atoms with Crippen molar-refractivity contribution in [2.24, 2.45) is 29.4 Å². The molecule has 29 heavy (non-hydrogen) atoms. The molecular formula is C20H27N3O6. The van der Waals surface area contributed by atoms with Gasteiger partial charge in [0, 0.05) is 5.54 Å². The van der Waals surface area contributed by atoms with Crippen LogP contribution in [0.15, 0.2) is 24.3 Å². The Hall–Kier alpha value is -2.42. The molecule has 1 aromatic carbocycles. The van der Waals surface area contributed by atoms with Crippen LogP contribution in [0.3, 0.4) is 0 Å². The lowest BCUT2D eigenvalue weighted by Gasteiger charge is -2.60. The number of hydrogen-bond donors (Lipinski definition) is 1. The summed E-state index contributed by atoms with van der Waals surface area (Å²) in [4.78, 5) is 29.8. The third-order valence-electron chi connectivity index (χ3n) is 7.27. The van der Waals surface area contributed by atoms with Crippen LogP contribution in [0.2, 0.25) is 0 Å². The van der Waals surface area contributed by atoms with E-state index in [-0.39, 0.29) is 12.0 Å². The van der Waals surface area contributed by atoms with Crippen LogP contribution < -0.4 is 5.73 Å². The molecule has 0 aliphatic heterocycles. The van der Waals surface area contributed by atoms with Gasteiger partial charge < -0.3 is 15.4 Å². The fraction of sp³-hybridized carbons (Fsp3) is 0.700. The van der Waals surface area contributed by atoms with Crippen LogP contribution in [-0.2, 0) is 21.6 Å². The van der Waals surface area contributed by atoms with Gasteiger partial charge in [0.1, 0.15) is 12.7 Å². The van der Waals surface area contributed by atoms with Gasteiger partial charge in [0.15, 0.2) is 0 Å². The Morgan fingerprint density at radius 2 is 1.72 bits per heavy atom. The predicted molar refractivity (Wildman–Crippen MR) is 102 cm³/mol. The highest BCUT2D eigenvalue weighted by molar-refractivity contribution is 5.33. The van der Waals surface area contributed by atoms with Crippen molar-refractivity contribution in [3.63, 3.8) is 0 Å². The van der Waals surface area contributed by atoms with E-state index in [9.17, 15) is 20.2 Å². The van der Waals surface area contributed by atoms with Crippen molar-refractivity contribution in [1.29, 1.82) is 0 Å². The van der Waals surface area contributed by atoms with Gasteiger partial charge >= 0.3 is 0 Å². The van der Waals surface area contributed by atoms with Crippen molar-refractivity contribution in [3.05, 3.63) is 55.6 Å². The first-order valence-electron chi connectivity index (χ1n) is 10.3. The first kappa shape index (κ1) is 19.9. The first-order chi connectivity index (χ1) is 13.8. The van der Waals surface area contributed by atoms with Crippen molar-refractivity contribution in [2.75, 3.05) is 6.61 Å². The first-order valence-corrected chi connectivity index (χ1v) is 10.3. The maximum atomic E-state index is 10.7. The quantitative estimate of drug-likeness (QED) is 0.493. The topological polar surface area (TPSA) is 131 Å². The summed E-state index contributed by atoms with van der Waals surface area (Å²) in [7, 11) is 0. The van der Waals surface area contributed by atoms with Crippen molar-refractivity contribution < 1.29 is 19.8 Å². The fourth-order valence-corrected chi connectivity index (χ4v) is 6.19. The minimum Gasteiger partial charge on any atom is -0.321 e. The monoisotopic (exact) mass is 405 g/mol. The second-order valence-electron chi connectivity index (χ2n) is 8.95. The molecule has 0 spiro atoms. The second-order valence-corrected chi connectivity index (χ2v) is 8.95. The molecule has 0 radical (unpaired) electrons. The Labute approximate surface area is 168 Å². The van der Waals surface area contributed by atoms with Crippen LogP contribution in [-0.4, -0.2) is 22.9 Å². The summed E-state index contributed by atoms with van der Waals surface area (Å²) in [6.07, 6.45) is 5.96. The van der Waals surface area contributed by atoms with E-state index in [1.165, 1.54) is 32.1 Å². The van der Waals surface area contributed by atoms with Gasteiger partial charge in [0.05, 0.1) is 0 Å². The molecule has 4 saturated carbocycles. The number of nitrogens with zero attached hydrogens (tertiary/aromatic N) is 2. The van der Waals surface area contributed by atoms with Crippen LogP contribution in [0.1, 0.15) is 49.7 Å². The molecule has 4 bridgehead atoms. The van der Waals surface area contributed by atoms with Gasteiger partial charge in [-0.15, -0.1) is 20.2 Å². The summed E-state index contributed by atoms with van der Waals surface area (Å²) in [5.41, 5.74) is 8.93. The summed E-state index contributed by atoms with van der Waals surface area (Å²) in [5.74, 6) is 2.71. The lowest BCUT2D eigenvalue weighted by Crippen LogP contribution is -2.60. The molecule has 0 saturated heterocycles. The zero-order valence-corrected chi connectivity index (χ0v) is 16.3.